The molecule has 4 rings (SSSR count). The summed E-state index contributed by atoms with van der Waals surface area (Å²) in [5.41, 5.74) is 4.36. The van der Waals surface area contributed by atoms with Gasteiger partial charge in [-0.25, -0.2) is 0 Å². The molecule has 2 aliphatic rings. The second-order valence-electron chi connectivity index (χ2n) is 9.26. The Morgan fingerprint density at radius 2 is 1.56 bits per heavy atom. The van der Waals surface area contributed by atoms with Gasteiger partial charge in [0.25, 0.3) is 0 Å². The molecule has 0 aliphatic carbocycles. The fraction of sp³-hybridized carbons (Fsp3) is 0.536. The Morgan fingerprint density at radius 3 is 2.28 bits per heavy atom. The molecule has 1 unspecified atom stereocenters. The third-order valence-electron chi connectivity index (χ3n) is 6.79. The van der Waals surface area contributed by atoms with E-state index in [0.717, 1.165) is 30.8 Å². The van der Waals surface area contributed by atoms with E-state index in [9.17, 15) is 4.39 Å². The van der Waals surface area contributed by atoms with Crippen molar-refractivity contribution in [2.24, 2.45) is 0 Å². The summed E-state index contributed by atoms with van der Waals surface area (Å²) in [5, 5.41) is 0. The lowest BCUT2D eigenvalue weighted by atomic mass is 9.89. The molecule has 2 aromatic carbocycles. The maximum Gasteiger partial charge on any atom is 0.241 e. The Hall–Kier alpha value is -2.36. The summed E-state index contributed by atoms with van der Waals surface area (Å²) in [5.74, 6) is 1.47. The zero-order chi connectivity index (χ0) is 22.3. The van der Waals surface area contributed by atoms with Gasteiger partial charge in [0.2, 0.25) is 12.5 Å². The molecule has 172 valence electrons. The van der Waals surface area contributed by atoms with Crippen LogP contribution in [0.15, 0.2) is 36.4 Å². The van der Waals surface area contributed by atoms with Crippen LogP contribution in [0.1, 0.15) is 89.2 Å². The Balaban J connectivity index is 1.53. The first-order chi connectivity index (χ1) is 15.7. The Labute approximate surface area is 192 Å². The van der Waals surface area contributed by atoms with Gasteiger partial charge in [-0.3, -0.25) is 0 Å². The molecule has 0 amide bonds. The lowest BCUT2D eigenvalue weighted by Gasteiger charge is -2.24. The number of rotatable bonds is 11. The largest absolute Gasteiger partial charge is 0.454 e. The van der Waals surface area contributed by atoms with Gasteiger partial charge in [0, 0.05) is 24.5 Å². The molecule has 2 heterocycles. The summed E-state index contributed by atoms with van der Waals surface area (Å²) >= 11 is 0. The zero-order valence-corrected chi connectivity index (χ0v) is 19.7. The molecule has 4 heteroatoms. The third-order valence-corrected chi connectivity index (χ3v) is 6.79. The first-order valence-electron chi connectivity index (χ1n) is 12.5. The first kappa shape index (κ1) is 22.8. The van der Waals surface area contributed by atoms with Gasteiger partial charge in [-0.15, -0.1) is 0 Å². The topological polar surface area (TPSA) is 21.5 Å². The highest BCUT2D eigenvalue weighted by Crippen LogP contribution is 2.39. The van der Waals surface area contributed by atoms with Crippen LogP contribution in [0, 0.1) is 5.82 Å². The summed E-state index contributed by atoms with van der Waals surface area (Å²) in [6, 6.07) is 11.6. The van der Waals surface area contributed by atoms with Gasteiger partial charge in [0.1, 0.15) is 0 Å². The van der Waals surface area contributed by atoms with E-state index in [1.54, 1.807) is 12.1 Å². The number of ether oxygens (including phenoxy) is 2. The Kier molecular flexibility index (Phi) is 7.83. The van der Waals surface area contributed by atoms with E-state index in [1.165, 1.54) is 68.2 Å². The van der Waals surface area contributed by atoms with Crippen LogP contribution < -0.4 is 9.47 Å². The minimum absolute atomic E-state index is 0.159. The summed E-state index contributed by atoms with van der Waals surface area (Å²) in [6.45, 7) is 4.73. The zero-order valence-electron chi connectivity index (χ0n) is 19.7. The van der Waals surface area contributed by atoms with Crippen LogP contribution in [0.25, 0.3) is 0 Å². The lowest BCUT2D eigenvalue weighted by Crippen LogP contribution is -2.34. The minimum atomic E-state index is -0.159. The van der Waals surface area contributed by atoms with E-state index >= 15 is 0 Å². The van der Waals surface area contributed by atoms with E-state index in [0.29, 0.717) is 5.69 Å². The van der Waals surface area contributed by atoms with E-state index in [-0.39, 0.29) is 18.7 Å². The van der Waals surface area contributed by atoms with Crippen LogP contribution in [0.4, 0.5) is 10.1 Å². The van der Waals surface area contributed by atoms with Crippen LogP contribution in [0.5, 0.6) is 11.5 Å². The molecule has 0 spiro atoms. The summed E-state index contributed by atoms with van der Waals surface area (Å²) < 4.78 is 28.4. The Morgan fingerprint density at radius 1 is 0.906 bits per heavy atom. The van der Waals surface area contributed by atoms with Gasteiger partial charge in [0.15, 0.2) is 29.1 Å². The lowest BCUT2D eigenvalue weighted by molar-refractivity contribution is -0.485. The molecule has 3 nitrogen and oxygen atoms in total. The van der Waals surface area contributed by atoms with Gasteiger partial charge in [0.05, 0.1) is 0 Å². The molecule has 0 aromatic heterocycles. The van der Waals surface area contributed by atoms with Crippen LogP contribution in [-0.2, 0) is 6.42 Å². The maximum atomic E-state index is 14.8. The smallest absolute Gasteiger partial charge is 0.241 e. The second kappa shape index (κ2) is 11.0. The fourth-order valence-corrected chi connectivity index (χ4v) is 5.12. The predicted molar refractivity (Wildman–Crippen MR) is 128 cm³/mol. The molecular weight excluding hydrogens is 401 g/mol. The number of nitrogens with zero attached hydrogens (tertiary/aromatic N) is 1. The molecule has 0 fully saturated rings. The monoisotopic (exact) mass is 438 g/mol. The number of unbranched alkanes of at least 4 members (excludes halogenated alkanes) is 8. The molecule has 2 aromatic rings. The third kappa shape index (κ3) is 5.16. The van der Waals surface area contributed by atoms with Crippen molar-refractivity contribution in [3.8, 4) is 11.5 Å². The summed E-state index contributed by atoms with van der Waals surface area (Å²) in [6.07, 6.45) is 13.5. The number of benzene rings is 2. The predicted octanol–water partition coefficient (Wildman–Crippen LogP) is 7.55. The number of fused-ring (bicyclic) bond motifs is 2. The molecule has 2 aliphatic heterocycles. The van der Waals surface area contributed by atoms with Crippen LogP contribution in [0.3, 0.4) is 0 Å². The molecule has 0 saturated carbocycles. The number of halogens is 1. The Bertz CT molecular complexity index is 952. The normalized spacial score (nSPS) is 17.0. The molecule has 1 atom stereocenters. The van der Waals surface area contributed by atoms with Crippen molar-refractivity contribution < 1.29 is 18.4 Å². The van der Waals surface area contributed by atoms with Crippen molar-refractivity contribution in [1.82, 2.24) is 0 Å². The molecule has 0 bridgehead atoms. The molecule has 0 N–H and O–H groups in total. The van der Waals surface area contributed by atoms with E-state index in [1.807, 2.05) is 12.1 Å². The quantitative estimate of drug-likeness (QED) is 0.267. The highest BCUT2D eigenvalue weighted by molar-refractivity contribution is 6.00. The van der Waals surface area contributed by atoms with E-state index in [4.69, 9.17) is 9.47 Å². The second-order valence-corrected chi connectivity index (χ2v) is 9.26. The maximum absolute atomic E-state index is 14.8. The van der Waals surface area contributed by atoms with E-state index < -0.39 is 0 Å². The average molecular weight is 439 g/mol. The van der Waals surface area contributed by atoms with Crippen LogP contribution in [-0.4, -0.2) is 23.1 Å². The molecular formula is C28H37FNO2+. The minimum Gasteiger partial charge on any atom is -0.454 e. The van der Waals surface area contributed by atoms with E-state index in [2.05, 4.69) is 30.6 Å². The highest BCUT2D eigenvalue weighted by Gasteiger charge is 2.35. The summed E-state index contributed by atoms with van der Waals surface area (Å²) in [4.78, 5) is 0. The summed E-state index contributed by atoms with van der Waals surface area (Å²) in [7, 11) is 0. The van der Waals surface area contributed by atoms with Gasteiger partial charge in [-0.1, -0.05) is 70.4 Å². The highest BCUT2D eigenvalue weighted by atomic mass is 19.1. The van der Waals surface area contributed by atoms with Crippen molar-refractivity contribution >= 4 is 11.4 Å². The van der Waals surface area contributed by atoms with Gasteiger partial charge in [-0.2, -0.15) is 8.97 Å². The van der Waals surface area contributed by atoms with Crippen molar-refractivity contribution in [2.45, 2.75) is 90.5 Å². The number of hydrogen-bond acceptors (Lipinski definition) is 2. The van der Waals surface area contributed by atoms with Crippen molar-refractivity contribution in [2.75, 3.05) is 6.79 Å². The number of hydrogen-bond donors (Lipinski definition) is 0. The fourth-order valence-electron chi connectivity index (χ4n) is 5.12. The van der Waals surface area contributed by atoms with Crippen molar-refractivity contribution in [3.05, 3.63) is 53.3 Å². The van der Waals surface area contributed by atoms with Crippen molar-refractivity contribution in [3.63, 3.8) is 0 Å². The van der Waals surface area contributed by atoms with Gasteiger partial charge >= 0.3 is 0 Å². The average Bonchev–Trinajstić information content (AvgIpc) is 3.24. The standard InChI is InChI=1S/C28H37FNO2/c1-3-4-5-6-7-8-9-10-11-15-25-23-19-28-27(31-20-32-28)18-22(23)17-21(2)30(25)26-16-13-12-14-24(26)29/h12-14,16,18-19,21H,3-11,15,17,20H2,1-2H3/q+1. The number of para-hydroxylation sites is 1. The van der Waals surface area contributed by atoms with Crippen molar-refractivity contribution in [1.29, 1.82) is 0 Å². The van der Waals surface area contributed by atoms with Gasteiger partial charge in [-0.05, 0) is 37.1 Å². The SMILES string of the molecule is CCCCCCCCCCCC1=[N+](c2ccccc2F)C(C)Cc2cc3c(cc21)OCO3. The first-order valence-corrected chi connectivity index (χ1v) is 12.5. The van der Waals surface area contributed by atoms with Crippen LogP contribution in [0.2, 0.25) is 0 Å². The van der Waals surface area contributed by atoms with Crippen LogP contribution >= 0.6 is 0 Å². The van der Waals surface area contributed by atoms with Gasteiger partial charge < -0.3 is 9.47 Å². The molecule has 0 saturated heterocycles. The molecule has 0 radical (unpaired) electrons. The molecule has 32 heavy (non-hydrogen) atoms.